The Balaban J connectivity index is 1.85. The van der Waals surface area contributed by atoms with Crippen LogP contribution in [-0.2, 0) is 16.0 Å². The number of rotatable bonds is 9. The number of carboxylic acid groups (broad SMARTS) is 1. The number of hydrogen-bond donors (Lipinski definition) is 4. The lowest BCUT2D eigenvalue weighted by atomic mass is 10.1. The van der Waals surface area contributed by atoms with Crippen LogP contribution in [0.4, 0.5) is 10.5 Å². The molecule has 0 saturated heterocycles. The van der Waals surface area contributed by atoms with Gasteiger partial charge in [0.2, 0.25) is 0 Å². The molecule has 2 rings (SSSR count). The number of aliphatic carboxylic acids is 1. The van der Waals surface area contributed by atoms with Crippen molar-refractivity contribution in [3.8, 4) is 11.5 Å². The molecule has 150 valence electrons. The van der Waals surface area contributed by atoms with Gasteiger partial charge in [0, 0.05) is 12.8 Å². The summed E-state index contributed by atoms with van der Waals surface area (Å²) in [6.45, 7) is 1.34. The van der Waals surface area contributed by atoms with Gasteiger partial charge in [0.25, 0.3) is 0 Å². The van der Waals surface area contributed by atoms with Crippen molar-refractivity contribution in [3.05, 3.63) is 54.1 Å². The molecule has 0 saturated carbocycles. The lowest BCUT2D eigenvalue weighted by Gasteiger charge is -2.18. The predicted octanol–water partition coefficient (Wildman–Crippen LogP) is 2.62. The maximum absolute atomic E-state index is 11.8. The average Bonchev–Trinajstić information content (AvgIpc) is 2.67. The van der Waals surface area contributed by atoms with E-state index < -0.39 is 24.1 Å². The summed E-state index contributed by atoms with van der Waals surface area (Å²) < 4.78 is 10.8. The van der Waals surface area contributed by atoms with E-state index in [0.29, 0.717) is 23.8 Å². The highest BCUT2D eigenvalue weighted by molar-refractivity contribution is 5.90. The van der Waals surface area contributed by atoms with Gasteiger partial charge in [0.15, 0.2) is 5.60 Å². The smallest absolute Gasteiger partial charge is 0.337 e. The highest BCUT2D eigenvalue weighted by Crippen LogP contribution is 2.23. The summed E-state index contributed by atoms with van der Waals surface area (Å²) in [5.74, 6) is -0.124. The summed E-state index contributed by atoms with van der Waals surface area (Å²) in [5.41, 5.74) is -0.384. The summed E-state index contributed by atoms with van der Waals surface area (Å²) in [5, 5.41) is 23.2. The number of ether oxygens (including phenoxy) is 2. The minimum atomic E-state index is -2.03. The van der Waals surface area contributed by atoms with Gasteiger partial charge < -0.3 is 30.3 Å². The van der Waals surface area contributed by atoms with Crippen LogP contribution in [0.3, 0.4) is 0 Å². The number of methoxy groups -OCH3 is 1. The Morgan fingerprint density at radius 1 is 1.04 bits per heavy atom. The van der Waals surface area contributed by atoms with Gasteiger partial charge in [0.1, 0.15) is 11.5 Å². The van der Waals surface area contributed by atoms with E-state index in [1.807, 2.05) is 24.3 Å². The molecule has 0 radical (unpaired) electrons. The topological polar surface area (TPSA) is 117 Å². The number of aliphatic hydroxyl groups is 1. The first-order valence-electron chi connectivity index (χ1n) is 8.66. The highest BCUT2D eigenvalue weighted by Gasteiger charge is 2.30. The average molecular weight is 388 g/mol. The standard InChI is InChI=1S/C20H24N2O6/c1-20(26,18(23)24)13-21-19(25)22-15-5-9-17(10-6-15)28-16-7-3-14(4-8-16)11-12-27-2/h3-10,26H,11-13H2,1-2H3,(H,23,24)(H2,21,22,25). The van der Waals surface area contributed by atoms with Crippen LogP contribution in [0.5, 0.6) is 11.5 Å². The van der Waals surface area contributed by atoms with E-state index in [2.05, 4.69) is 10.6 Å². The first-order chi connectivity index (χ1) is 13.3. The van der Waals surface area contributed by atoms with E-state index in [-0.39, 0.29) is 0 Å². The molecule has 1 unspecified atom stereocenters. The van der Waals surface area contributed by atoms with Crippen molar-refractivity contribution >= 4 is 17.7 Å². The molecule has 4 N–H and O–H groups in total. The quantitative estimate of drug-likeness (QED) is 0.525. The van der Waals surface area contributed by atoms with Crippen molar-refractivity contribution in [2.24, 2.45) is 0 Å². The Morgan fingerprint density at radius 2 is 1.61 bits per heavy atom. The number of benzene rings is 2. The molecule has 0 spiro atoms. The molecule has 0 aliphatic carbocycles. The zero-order valence-electron chi connectivity index (χ0n) is 15.8. The molecule has 2 amide bonds. The van der Waals surface area contributed by atoms with Crippen LogP contribution in [-0.4, -0.2) is 48.1 Å². The second-order valence-corrected chi connectivity index (χ2v) is 6.40. The van der Waals surface area contributed by atoms with E-state index in [9.17, 15) is 14.7 Å². The SMILES string of the molecule is COCCc1ccc(Oc2ccc(NC(=O)NCC(C)(O)C(=O)O)cc2)cc1. The Hall–Kier alpha value is -3.10. The number of urea groups is 1. The number of carboxylic acids is 1. The lowest BCUT2D eigenvalue weighted by Crippen LogP contribution is -2.47. The van der Waals surface area contributed by atoms with E-state index in [1.165, 1.54) is 0 Å². The van der Waals surface area contributed by atoms with Gasteiger partial charge in [-0.25, -0.2) is 9.59 Å². The maximum atomic E-state index is 11.8. The van der Waals surface area contributed by atoms with Crippen LogP contribution in [0, 0.1) is 0 Å². The monoisotopic (exact) mass is 388 g/mol. The van der Waals surface area contributed by atoms with Crippen molar-refractivity contribution in [3.63, 3.8) is 0 Å². The van der Waals surface area contributed by atoms with E-state index in [0.717, 1.165) is 18.9 Å². The van der Waals surface area contributed by atoms with Crippen LogP contribution in [0.15, 0.2) is 48.5 Å². The Labute approximate surface area is 163 Å². The fourth-order valence-corrected chi connectivity index (χ4v) is 2.19. The van der Waals surface area contributed by atoms with Crippen LogP contribution in [0.1, 0.15) is 12.5 Å². The van der Waals surface area contributed by atoms with Crippen LogP contribution < -0.4 is 15.4 Å². The third-order valence-electron chi connectivity index (χ3n) is 3.92. The predicted molar refractivity (Wildman–Crippen MR) is 104 cm³/mol. The van der Waals surface area contributed by atoms with Gasteiger partial charge in [-0.3, -0.25) is 0 Å². The van der Waals surface area contributed by atoms with Crippen molar-refractivity contribution in [2.45, 2.75) is 18.9 Å². The first kappa shape index (κ1) is 21.2. The van der Waals surface area contributed by atoms with Gasteiger partial charge >= 0.3 is 12.0 Å². The van der Waals surface area contributed by atoms with Crippen LogP contribution in [0.25, 0.3) is 0 Å². The van der Waals surface area contributed by atoms with Crippen molar-refractivity contribution in [1.29, 1.82) is 0 Å². The largest absolute Gasteiger partial charge is 0.479 e. The molecular weight excluding hydrogens is 364 g/mol. The van der Waals surface area contributed by atoms with Crippen LogP contribution in [0.2, 0.25) is 0 Å². The zero-order chi connectivity index (χ0) is 20.6. The Kier molecular flexibility index (Phi) is 7.36. The molecule has 0 aliphatic rings. The van der Waals surface area contributed by atoms with Crippen molar-refractivity contribution < 1.29 is 29.3 Å². The molecule has 1 atom stereocenters. The van der Waals surface area contributed by atoms with Gasteiger partial charge in [-0.15, -0.1) is 0 Å². The van der Waals surface area contributed by atoms with Gasteiger partial charge in [-0.05, 0) is 55.3 Å². The lowest BCUT2D eigenvalue weighted by molar-refractivity contribution is -0.155. The molecule has 0 fully saturated rings. The minimum Gasteiger partial charge on any atom is -0.479 e. The van der Waals surface area contributed by atoms with E-state index >= 15 is 0 Å². The molecule has 8 heteroatoms. The zero-order valence-corrected chi connectivity index (χ0v) is 15.8. The fraction of sp³-hybridized carbons (Fsp3) is 0.300. The number of anilines is 1. The van der Waals surface area contributed by atoms with Crippen molar-refractivity contribution in [1.82, 2.24) is 5.32 Å². The number of carbonyl (C=O) groups is 2. The molecule has 0 aliphatic heterocycles. The summed E-state index contributed by atoms with van der Waals surface area (Å²) in [7, 11) is 1.67. The van der Waals surface area contributed by atoms with Crippen molar-refractivity contribution in [2.75, 3.05) is 25.6 Å². The number of amides is 2. The molecule has 0 aromatic heterocycles. The molecule has 0 heterocycles. The number of carbonyl (C=O) groups excluding carboxylic acids is 1. The van der Waals surface area contributed by atoms with Gasteiger partial charge in [0.05, 0.1) is 13.2 Å². The first-order valence-corrected chi connectivity index (χ1v) is 8.66. The summed E-state index contributed by atoms with van der Waals surface area (Å²) in [6.07, 6.45) is 0.834. The maximum Gasteiger partial charge on any atom is 0.337 e. The second-order valence-electron chi connectivity index (χ2n) is 6.40. The molecule has 28 heavy (non-hydrogen) atoms. The normalized spacial score (nSPS) is 12.7. The second kappa shape index (κ2) is 9.72. The summed E-state index contributed by atoms with van der Waals surface area (Å²) >= 11 is 0. The molecule has 2 aromatic carbocycles. The fourth-order valence-electron chi connectivity index (χ4n) is 2.19. The van der Waals surface area contributed by atoms with Gasteiger partial charge in [-0.1, -0.05) is 12.1 Å². The number of hydrogen-bond acceptors (Lipinski definition) is 5. The molecule has 0 bridgehead atoms. The summed E-state index contributed by atoms with van der Waals surface area (Å²) in [6, 6.07) is 13.8. The van der Waals surface area contributed by atoms with E-state index in [1.54, 1.807) is 31.4 Å². The third kappa shape index (κ3) is 6.57. The van der Waals surface area contributed by atoms with Gasteiger partial charge in [-0.2, -0.15) is 0 Å². The summed E-state index contributed by atoms with van der Waals surface area (Å²) in [4.78, 5) is 22.6. The minimum absolute atomic E-state index is 0.421. The highest BCUT2D eigenvalue weighted by atomic mass is 16.5. The molecular formula is C20H24N2O6. The molecule has 8 nitrogen and oxygen atoms in total. The van der Waals surface area contributed by atoms with Crippen LogP contribution >= 0.6 is 0 Å². The third-order valence-corrected chi connectivity index (χ3v) is 3.92. The Morgan fingerprint density at radius 3 is 2.14 bits per heavy atom. The molecule has 2 aromatic rings. The Bertz CT molecular complexity index is 787. The van der Waals surface area contributed by atoms with E-state index in [4.69, 9.17) is 14.6 Å². The number of nitrogens with one attached hydrogen (secondary N) is 2.